The van der Waals surface area contributed by atoms with Gasteiger partial charge in [-0.05, 0) is 124 Å². The zero-order valence-corrected chi connectivity index (χ0v) is 35.2. The number of benzene rings is 7. The summed E-state index contributed by atoms with van der Waals surface area (Å²) in [4.78, 5) is 11.0. The van der Waals surface area contributed by atoms with Crippen LogP contribution in [0.2, 0.25) is 0 Å². The van der Waals surface area contributed by atoms with Crippen LogP contribution in [0.4, 0.5) is 0 Å². The highest BCUT2D eigenvalue weighted by Gasteiger charge is 2.61. The largest absolute Gasteiger partial charge is 0.277 e. The van der Waals surface area contributed by atoms with Crippen molar-refractivity contribution in [2.75, 3.05) is 0 Å². The van der Waals surface area contributed by atoms with E-state index >= 15 is 0 Å². The molecular formula is C52H44B5N3. The second-order valence-corrected chi connectivity index (χ2v) is 19.1. The highest BCUT2D eigenvalue weighted by molar-refractivity contribution is 6.68. The number of para-hydroxylation sites is 1. The number of nitrogens with zero attached hydrogens (tertiary/aromatic N) is 3. The molecule has 7 aromatic carbocycles. The topological polar surface area (TPSA) is 30.7 Å². The Labute approximate surface area is 356 Å². The maximum absolute atomic E-state index is 5.62. The summed E-state index contributed by atoms with van der Waals surface area (Å²) in [5.74, 6) is 4.12. The van der Waals surface area contributed by atoms with Crippen molar-refractivity contribution in [2.45, 2.75) is 37.5 Å². The highest BCUT2D eigenvalue weighted by Crippen LogP contribution is 2.69. The Morgan fingerprint density at radius 1 is 0.500 bits per heavy atom. The molecule has 3 nitrogen and oxygen atoms in total. The van der Waals surface area contributed by atoms with Gasteiger partial charge in [0, 0.05) is 27.0 Å². The van der Waals surface area contributed by atoms with Crippen LogP contribution in [-0.4, -0.2) is 53.8 Å². The van der Waals surface area contributed by atoms with E-state index in [1.807, 2.05) is 0 Å². The maximum Gasteiger partial charge on any atom is 0.235 e. The molecule has 0 atom stereocenters. The lowest BCUT2D eigenvalue weighted by atomic mass is 9.43. The van der Waals surface area contributed by atoms with E-state index in [1.54, 1.807) is 11.1 Å². The van der Waals surface area contributed by atoms with Crippen molar-refractivity contribution in [1.82, 2.24) is 14.5 Å². The molecule has 14 rings (SSSR count). The fourth-order valence-corrected chi connectivity index (χ4v) is 13.7. The molecule has 4 fully saturated rings. The molecule has 0 radical (unpaired) electrons. The normalized spacial score (nSPS) is 22.4. The van der Waals surface area contributed by atoms with Gasteiger partial charge in [-0.2, -0.15) is 0 Å². The number of aromatic nitrogens is 3. The molecule has 8 heteroatoms. The van der Waals surface area contributed by atoms with Crippen molar-refractivity contribution in [3.05, 3.63) is 132 Å². The van der Waals surface area contributed by atoms with Crippen LogP contribution in [0.3, 0.4) is 0 Å². The maximum atomic E-state index is 5.62. The van der Waals surface area contributed by atoms with Gasteiger partial charge in [0.2, 0.25) is 5.95 Å². The summed E-state index contributed by atoms with van der Waals surface area (Å²) in [5, 5.41) is 5.94. The first-order valence-corrected chi connectivity index (χ1v) is 22.3. The molecule has 5 aliphatic carbocycles. The monoisotopic (exact) mass is 765 g/mol. The second kappa shape index (κ2) is 12.4. The van der Waals surface area contributed by atoms with Crippen molar-refractivity contribution in [1.29, 1.82) is 0 Å². The van der Waals surface area contributed by atoms with Crippen LogP contribution in [0.25, 0.3) is 82.9 Å². The Morgan fingerprint density at radius 3 is 1.92 bits per heavy atom. The standard InChI is InChI=1S/C52H44B5N3/c53-44-43(45(54)47(56)48(57)46(44)55)49-36-10-4-6-12-41(36)58-51(59-49)60-42-18-15-30(25-38(42)35-16-13-28-7-1-2-8-33(28)50(35)60)29-14-17-40-37(24-29)34-9-3-5-11-39(34)52(40)31-20-26-19-27(22-31)23-32(52)21-26/h1-18,24-27,31-32H,19-23,53-57H2. The van der Waals surface area contributed by atoms with Crippen LogP contribution < -0.4 is 27.3 Å². The van der Waals surface area contributed by atoms with Gasteiger partial charge < -0.3 is 0 Å². The summed E-state index contributed by atoms with van der Waals surface area (Å²) in [6.45, 7) is 0. The van der Waals surface area contributed by atoms with Gasteiger partial charge in [-0.3, -0.25) is 4.57 Å². The average Bonchev–Trinajstić information content (AvgIpc) is 3.77. The van der Waals surface area contributed by atoms with Crippen molar-refractivity contribution in [3.8, 4) is 39.5 Å². The van der Waals surface area contributed by atoms with Gasteiger partial charge in [0.15, 0.2) is 0 Å². The molecule has 0 amide bonds. The van der Waals surface area contributed by atoms with Crippen LogP contribution in [-0.2, 0) is 5.41 Å². The molecule has 0 unspecified atom stereocenters. The van der Waals surface area contributed by atoms with Gasteiger partial charge >= 0.3 is 0 Å². The van der Waals surface area contributed by atoms with Crippen molar-refractivity contribution >= 4 is 110 Å². The zero-order valence-electron chi connectivity index (χ0n) is 35.2. The minimum absolute atomic E-state index is 0.183. The molecule has 1 spiro atoms. The summed E-state index contributed by atoms with van der Waals surface area (Å²) in [6, 6.07) is 46.0. The van der Waals surface area contributed by atoms with Gasteiger partial charge in [-0.1, -0.05) is 108 Å². The average molecular weight is 765 g/mol. The molecule has 282 valence electrons. The molecule has 9 aromatic rings. The Bertz CT molecular complexity index is 3310. The Morgan fingerprint density at radius 2 is 1.13 bits per heavy atom. The first kappa shape index (κ1) is 35.1. The van der Waals surface area contributed by atoms with Crippen LogP contribution >= 0.6 is 0 Å². The Balaban J connectivity index is 1.04. The van der Waals surface area contributed by atoms with E-state index in [1.165, 1.54) is 109 Å². The van der Waals surface area contributed by atoms with E-state index in [0.29, 0.717) is 5.95 Å². The van der Waals surface area contributed by atoms with Gasteiger partial charge in [0.25, 0.3) is 0 Å². The third kappa shape index (κ3) is 4.52. The number of rotatable bonds is 3. The predicted octanol–water partition coefficient (Wildman–Crippen LogP) is 4.23. The summed E-state index contributed by atoms with van der Waals surface area (Å²) in [7, 11) is 11.3. The summed E-state index contributed by atoms with van der Waals surface area (Å²) < 4.78 is 2.35. The van der Waals surface area contributed by atoms with E-state index in [2.05, 4.69) is 165 Å². The fourth-order valence-electron chi connectivity index (χ4n) is 13.7. The Hall–Kier alpha value is -5.74. The number of hydrogen-bond donors (Lipinski definition) is 0. The molecule has 0 saturated heterocycles. The zero-order chi connectivity index (χ0) is 40.2. The molecule has 4 saturated carbocycles. The Kier molecular flexibility index (Phi) is 7.25. The summed E-state index contributed by atoms with van der Waals surface area (Å²) >= 11 is 0. The summed E-state index contributed by atoms with van der Waals surface area (Å²) in [5.41, 5.74) is 20.9. The summed E-state index contributed by atoms with van der Waals surface area (Å²) in [6.07, 6.45) is 7.10. The van der Waals surface area contributed by atoms with Crippen molar-refractivity contribution in [2.24, 2.45) is 23.7 Å². The lowest BCUT2D eigenvalue weighted by Gasteiger charge is -2.61. The number of hydrogen-bond acceptors (Lipinski definition) is 2. The first-order chi connectivity index (χ1) is 29.3. The van der Waals surface area contributed by atoms with Crippen LogP contribution in [0, 0.1) is 23.7 Å². The SMILES string of the molecule is Bc1c(B)c(B)c(-c2nc(-n3c4ccc(-c5ccc6c(c5)-c5ccccc5C65C6CC7CC(C6)CC5C7)cc4c4ccc5ccccc5c43)nc3ccccc23)c(B)c1B. The van der Waals surface area contributed by atoms with E-state index in [-0.39, 0.29) is 5.41 Å². The van der Waals surface area contributed by atoms with E-state index < -0.39 is 0 Å². The van der Waals surface area contributed by atoms with Crippen molar-refractivity contribution < 1.29 is 0 Å². The van der Waals surface area contributed by atoms with Gasteiger partial charge in [-0.15, -0.1) is 16.4 Å². The molecular weight excluding hydrogens is 721 g/mol. The molecule has 2 heterocycles. The molecule has 5 aliphatic rings. The van der Waals surface area contributed by atoms with E-state index in [4.69, 9.17) is 9.97 Å². The van der Waals surface area contributed by atoms with E-state index in [9.17, 15) is 0 Å². The molecule has 0 aliphatic heterocycles. The molecule has 2 aromatic heterocycles. The van der Waals surface area contributed by atoms with Crippen LogP contribution in [0.5, 0.6) is 0 Å². The molecule has 4 bridgehead atoms. The van der Waals surface area contributed by atoms with Gasteiger partial charge in [0.05, 0.1) is 22.2 Å². The van der Waals surface area contributed by atoms with Crippen LogP contribution in [0.15, 0.2) is 121 Å². The lowest BCUT2D eigenvalue weighted by Crippen LogP contribution is -2.55. The predicted molar refractivity (Wildman–Crippen MR) is 266 cm³/mol. The van der Waals surface area contributed by atoms with Crippen molar-refractivity contribution in [3.63, 3.8) is 0 Å². The smallest absolute Gasteiger partial charge is 0.235 e. The quantitative estimate of drug-likeness (QED) is 0.253. The number of fused-ring (bicyclic) bond motifs is 9. The minimum atomic E-state index is 0.183. The lowest BCUT2D eigenvalue weighted by molar-refractivity contribution is -0.0399. The first-order valence-electron chi connectivity index (χ1n) is 22.3. The molecule has 60 heavy (non-hydrogen) atoms. The highest BCUT2D eigenvalue weighted by atomic mass is 15.2. The van der Waals surface area contributed by atoms with Gasteiger partial charge in [0.1, 0.15) is 39.2 Å². The van der Waals surface area contributed by atoms with Gasteiger partial charge in [-0.25, -0.2) is 9.97 Å². The second-order valence-electron chi connectivity index (χ2n) is 19.1. The van der Waals surface area contributed by atoms with Crippen LogP contribution in [0.1, 0.15) is 43.2 Å². The minimum Gasteiger partial charge on any atom is -0.277 e. The molecule has 0 N–H and O–H groups in total. The third-order valence-corrected chi connectivity index (χ3v) is 16.6. The van der Waals surface area contributed by atoms with E-state index in [0.717, 1.165) is 51.3 Å². The fraction of sp³-hybridized carbons (Fsp3) is 0.192. The third-order valence-electron chi connectivity index (χ3n) is 16.6.